The molecular formula is C23H28F2N2O5. The first-order chi connectivity index (χ1) is 14.9. The Balaban J connectivity index is 1.97. The number of anilines is 1. The van der Waals surface area contributed by atoms with Crippen LogP contribution in [-0.2, 0) is 15.1 Å². The summed E-state index contributed by atoms with van der Waals surface area (Å²) in [6, 6.07) is 5.40. The summed E-state index contributed by atoms with van der Waals surface area (Å²) in [7, 11) is 1.24. The summed E-state index contributed by atoms with van der Waals surface area (Å²) in [4.78, 5) is 17.3. The molecule has 0 saturated carbocycles. The van der Waals surface area contributed by atoms with Crippen molar-refractivity contribution in [2.24, 2.45) is 5.92 Å². The first-order valence-corrected chi connectivity index (χ1v) is 10.2. The summed E-state index contributed by atoms with van der Waals surface area (Å²) >= 11 is 0. The molecule has 1 aromatic heterocycles. The average molecular weight is 450 g/mol. The molecular weight excluding hydrogens is 422 g/mol. The molecule has 1 amide bonds. The fourth-order valence-corrected chi connectivity index (χ4v) is 3.97. The molecule has 174 valence electrons. The smallest absolute Gasteiger partial charge is 0.254 e. The number of nitrogens with zero attached hydrogens (tertiary/aromatic N) is 1. The van der Waals surface area contributed by atoms with Gasteiger partial charge in [0.2, 0.25) is 5.82 Å². The zero-order valence-electron chi connectivity index (χ0n) is 18.6. The van der Waals surface area contributed by atoms with Crippen molar-refractivity contribution in [3.8, 4) is 5.75 Å². The van der Waals surface area contributed by atoms with Crippen LogP contribution in [-0.4, -0.2) is 46.5 Å². The molecule has 1 fully saturated rings. The van der Waals surface area contributed by atoms with Crippen molar-refractivity contribution in [3.05, 3.63) is 53.4 Å². The number of rotatable bonds is 6. The molecule has 4 atom stereocenters. The summed E-state index contributed by atoms with van der Waals surface area (Å²) in [6.07, 6.45) is 0.376. The van der Waals surface area contributed by atoms with Gasteiger partial charge < -0.3 is 25.0 Å². The van der Waals surface area contributed by atoms with E-state index >= 15 is 0 Å². The minimum atomic E-state index is -1.58. The maximum atomic E-state index is 14.4. The minimum absolute atomic E-state index is 0.178. The zero-order valence-corrected chi connectivity index (χ0v) is 18.6. The molecule has 1 aliphatic rings. The second-order valence-corrected chi connectivity index (χ2v) is 8.79. The number of methoxy groups -OCH3 is 1. The van der Waals surface area contributed by atoms with Crippen molar-refractivity contribution in [2.45, 2.75) is 50.9 Å². The lowest BCUT2D eigenvalue weighted by Gasteiger charge is -2.26. The molecule has 0 spiro atoms. The largest absolute Gasteiger partial charge is 0.493 e. The van der Waals surface area contributed by atoms with E-state index in [9.17, 15) is 23.8 Å². The van der Waals surface area contributed by atoms with E-state index in [0.29, 0.717) is 11.3 Å². The van der Waals surface area contributed by atoms with Gasteiger partial charge in [0.25, 0.3) is 5.91 Å². The highest BCUT2D eigenvalue weighted by molar-refractivity contribution is 5.95. The second-order valence-electron chi connectivity index (χ2n) is 8.79. The third kappa shape index (κ3) is 4.32. The molecule has 2 heterocycles. The topological polar surface area (TPSA) is 101 Å². The van der Waals surface area contributed by atoms with Crippen molar-refractivity contribution in [1.82, 2.24) is 4.98 Å². The number of aliphatic hydroxyl groups is 2. The Hall–Kier alpha value is -2.62. The lowest BCUT2D eigenvalue weighted by atomic mass is 9.78. The predicted octanol–water partition coefficient (Wildman–Crippen LogP) is 3.10. The number of ether oxygens (including phenoxy) is 2. The first kappa shape index (κ1) is 24.0. The van der Waals surface area contributed by atoms with Crippen molar-refractivity contribution in [2.75, 3.05) is 19.0 Å². The normalized spacial score (nSPS) is 24.1. The lowest BCUT2D eigenvalue weighted by molar-refractivity contribution is -0.131. The Kier molecular flexibility index (Phi) is 6.55. The Bertz CT molecular complexity index is 1010. The van der Waals surface area contributed by atoms with Gasteiger partial charge in [0.1, 0.15) is 11.7 Å². The van der Waals surface area contributed by atoms with Crippen molar-refractivity contribution in [3.63, 3.8) is 0 Å². The van der Waals surface area contributed by atoms with Crippen LogP contribution in [0.2, 0.25) is 0 Å². The highest BCUT2D eigenvalue weighted by atomic mass is 19.2. The van der Waals surface area contributed by atoms with Gasteiger partial charge in [-0.05, 0) is 44.9 Å². The molecule has 9 heteroatoms. The molecule has 3 N–H and O–H groups in total. The van der Waals surface area contributed by atoms with Gasteiger partial charge in [-0.3, -0.25) is 9.78 Å². The number of aliphatic hydroxyl groups excluding tert-OH is 1. The third-order valence-corrected chi connectivity index (χ3v) is 6.18. The molecule has 0 bridgehead atoms. The molecule has 2 aromatic rings. The van der Waals surface area contributed by atoms with Gasteiger partial charge in [-0.15, -0.1) is 0 Å². The highest BCUT2D eigenvalue weighted by Crippen LogP contribution is 2.49. The standard InChI is InChI=1S/C23H28F2N2O5/c1-12-17(14-6-7-15(24)18(25)19(14)31-5)20(32-22(12,2)3)21(29)27-13-8-9-26-16(10-13)23(4,30)11-28/h6-10,12,17,20,28,30H,11H2,1-5H3,(H,26,27,29)/t12-,17+,20-,23-/m1/s1. The SMILES string of the molecule is COc1c([C@@H]2[C@@H](C)C(C)(C)O[C@H]2C(=O)Nc2ccnc([C@](C)(O)CO)c2)ccc(F)c1F. The fraction of sp³-hybridized carbons (Fsp3) is 0.478. The van der Waals surface area contributed by atoms with E-state index in [1.54, 1.807) is 0 Å². The molecule has 0 radical (unpaired) electrons. The van der Waals surface area contributed by atoms with Crippen LogP contribution in [0.15, 0.2) is 30.5 Å². The van der Waals surface area contributed by atoms with E-state index in [0.717, 1.165) is 6.07 Å². The van der Waals surface area contributed by atoms with Gasteiger partial charge in [0.05, 0.1) is 25.0 Å². The summed E-state index contributed by atoms with van der Waals surface area (Å²) in [5, 5.41) is 22.3. The van der Waals surface area contributed by atoms with Crippen LogP contribution >= 0.6 is 0 Å². The number of pyridine rings is 1. The van der Waals surface area contributed by atoms with Crippen molar-refractivity contribution in [1.29, 1.82) is 0 Å². The molecule has 7 nitrogen and oxygen atoms in total. The molecule has 1 aromatic carbocycles. The minimum Gasteiger partial charge on any atom is -0.493 e. The van der Waals surface area contributed by atoms with E-state index in [1.807, 2.05) is 20.8 Å². The summed E-state index contributed by atoms with van der Waals surface area (Å²) in [5.41, 5.74) is -1.46. The number of hydrogen-bond acceptors (Lipinski definition) is 6. The highest BCUT2D eigenvalue weighted by Gasteiger charge is 2.51. The van der Waals surface area contributed by atoms with Gasteiger partial charge >= 0.3 is 0 Å². The van der Waals surface area contributed by atoms with Gasteiger partial charge in [-0.25, -0.2) is 4.39 Å². The van der Waals surface area contributed by atoms with Crippen molar-refractivity contribution < 1.29 is 33.3 Å². The number of carbonyl (C=O) groups is 1. The van der Waals surface area contributed by atoms with Gasteiger partial charge in [-0.1, -0.05) is 13.0 Å². The zero-order chi connectivity index (χ0) is 23.8. The number of amides is 1. The van der Waals surface area contributed by atoms with E-state index < -0.39 is 47.4 Å². The molecule has 1 aliphatic heterocycles. The number of carbonyl (C=O) groups excluding carboxylic acids is 1. The molecule has 0 unspecified atom stereocenters. The lowest BCUT2D eigenvalue weighted by Crippen LogP contribution is -2.33. The molecule has 32 heavy (non-hydrogen) atoms. The third-order valence-electron chi connectivity index (χ3n) is 6.18. The van der Waals surface area contributed by atoms with Gasteiger partial charge in [-0.2, -0.15) is 4.39 Å². The fourth-order valence-electron chi connectivity index (χ4n) is 3.97. The Morgan fingerprint density at radius 1 is 1.34 bits per heavy atom. The summed E-state index contributed by atoms with van der Waals surface area (Å²) in [5.74, 6) is -3.77. The maximum absolute atomic E-state index is 14.4. The second kappa shape index (κ2) is 8.73. The van der Waals surface area contributed by atoms with Crippen LogP contribution in [0.5, 0.6) is 5.75 Å². The monoisotopic (exact) mass is 450 g/mol. The van der Waals surface area contributed by atoms with E-state index in [-0.39, 0.29) is 17.4 Å². The number of halogens is 2. The quantitative estimate of drug-likeness (QED) is 0.625. The molecule has 1 saturated heterocycles. The van der Waals surface area contributed by atoms with E-state index in [4.69, 9.17) is 9.47 Å². The van der Waals surface area contributed by atoms with Crippen LogP contribution in [0.4, 0.5) is 14.5 Å². The van der Waals surface area contributed by atoms with Crippen LogP contribution in [0.25, 0.3) is 0 Å². The van der Waals surface area contributed by atoms with Gasteiger partial charge in [0.15, 0.2) is 11.6 Å². The van der Waals surface area contributed by atoms with Crippen LogP contribution in [0.1, 0.15) is 44.9 Å². The van der Waals surface area contributed by atoms with Gasteiger partial charge in [0, 0.05) is 23.4 Å². The molecule has 3 rings (SSSR count). The number of benzene rings is 1. The Labute approximate surface area is 185 Å². The first-order valence-electron chi connectivity index (χ1n) is 10.2. The van der Waals surface area contributed by atoms with Crippen LogP contribution in [0.3, 0.4) is 0 Å². The summed E-state index contributed by atoms with van der Waals surface area (Å²) < 4.78 is 39.4. The van der Waals surface area contributed by atoms with E-state index in [1.165, 1.54) is 38.4 Å². The van der Waals surface area contributed by atoms with E-state index in [2.05, 4.69) is 10.3 Å². The number of nitrogens with one attached hydrogen (secondary N) is 1. The Morgan fingerprint density at radius 3 is 2.66 bits per heavy atom. The summed E-state index contributed by atoms with van der Waals surface area (Å²) in [6.45, 7) is 6.38. The Morgan fingerprint density at radius 2 is 2.03 bits per heavy atom. The van der Waals surface area contributed by atoms with Crippen molar-refractivity contribution >= 4 is 11.6 Å². The average Bonchev–Trinajstić information content (AvgIpc) is 2.99. The van der Waals surface area contributed by atoms with Crippen LogP contribution in [0, 0.1) is 17.6 Å². The maximum Gasteiger partial charge on any atom is 0.254 e. The van der Waals surface area contributed by atoms with Crippen LogP contribution < -0.4 is 10.1 Å². The number of hydrogen-bond donors (Lipinski definition) is 3. The predicted molar refractivity (Wildman–Crippen MR) is 113 cm³/mol. The molecule has 0 aliphatic carbocycles. The number of aromatic nitrogens is 1.